The van der Waals surface area contributed by atoms with Gasteiger partial charge < -0.3 is 21.1 Å². The van der Waals surface area contributed by atoms with E-state index in [1.165, 1.54) is 6.20 Å². The van der Waals surface area contributed by atoms with Gasteiger partial charge in [0.15, 0.2) is 0 Å². The molecule has 146 valence electrons. The van der Waals surface area contributed by atoms with Gasteiger partial charge in [-0.3, -0.25) is 9.69 Å². The molecule has 1 saturated heterocycles. The molecule has 1 amide bonds. The number of hydrogen-bond donors (Lipinski definition) is 3. The third kappa shape index (κ3) is 5.73. The van der Waals surface area contributed by atoms with Crippen molar-refractivity contribution in [1.29, 1.82) is 0 Å². The minimum Gasteiger partial charge on any atom is -0.383 e. The third-order valence-electron chi connectivity index (χ3n) is 4.20. The van der Waals surface area contributed by atoms with E-state index in [1.807, 2.05) is 0 Å². The topological polar surface area (TPSA) is 105 Å². The van der Waals surface area contributed by atoms with Crippen molar-refractivity contribution in [2.75, 3.05) is 30.7 Å². The van der Waals surface area contributed by atoms with Crippen molar-refractivity contribution < 1.29 is 18.3 Å². The molecule has 4 N–H and O–H groups in total. The summed E-state index contributed by atoms with van der Waals surface area (Å²) >= 11 is 0. The number of hydrogen-bond acceptors (Lipinski definition) is 7. The van der Waals surface area contributed by atoms with Crippen LogP contribution in [0.5, 0.6) is 0 Å². The highest BCUT2D eigenvalue weighted by molar-refractivity contribution is 5.98. The average Bonchev–Trinajstić information content (AvgIpc) is 3.01. The summed E-state index contributed by atoms with van der Waals surface area (Å²) in [7, 11) is 0. The summed E-state index contributed by atoms with van der Waals surface area (Å²) < 4.78 is 28.3. The molecule has 2 rings (SSSR count). The van der Waals surface area contributed by atoms with Crippen molar-refractivity contribution in [1.82, 2.24) is 20.2 Å². The average molecular weight is 372 g/mol. The van der Waals surface area contributed by atoms with Gasteiger partial charge in [-0.2, -0.15) is 13.8 Å². The quantitative estimate of drug-likeness (QED) is 0.632. The fourth-order valence-corrected chi connectivity index (χ4v) is 2.76. The molecule has 0 saturated carbocycles. The van der Waals surface area contributed by atoms with E-state index in [0.717, 1.165) is 19.5 Å². The zero-order valence-corrected chi connectivity index (χ0v) is 15.2. The molecular weight excluding hydrogens is 346 g/mol. The lowest BCUT2D eigenvalue weighted by atomic mass is 10.2. The first-order chi connectivity index (χ1) is 12.3. The lowest BCUT2D eigenvalue weighted by molar-refractivity contribution is -0.130. The van der Waals surface area contributed by atoms with Crippen LogP contribution >= 0.6 is 0 Å². The van der Waals surface area contributed by atoms with E-state index in [1.54, 1.807) is 6.92 Å². The predicted molar refractivity (Wildman–Crippen MR) is 94.1 cm³/mol. The van der Waals surface area contributed by atoms with Gasteiger partial charge in [-0.15, -0.1) is 0 Å². The third-order valence-corrected chi connectivity index (χ3v) is 4.20. The fraction of sp³-hybridized carbons (Fsp3) is 0.688. The molecule has 8 nitrogen and oxygen atoms in total. The zero-order valence-electron chi connectivity index (χ0n) is 15.2. The minimum atomic E-state index is -2.83. The van der Waals surface area contributed by atoms with E-state index in [9.17, 15) is 13.6 Å². The van der Waals surface area contributed by atoms with Gasteiger partial charge in [-0.25, -0.2) is 4.98 Å². The van der Waals surface area contributed by atoms with Crippen molar-refractivity contribution in [2.45, 2.75) is 51.9 Å². The normalized spacial score (nSPS) is 19.1. The summed E-state index contributed by atoms with van der Waals surface area (Å²) in [5.74, 6) is -0.143. The molecule has 10 heteroatoms. The Labute approximate surface area is 151 Å². The Bertz CT molecular complexity index is 616. The number of rotatable bonds is 8. The van der Waals surface area contributed by atoms with Crippen molar-refractivity contribution in [3.8, 4) is 0 Å². The van der Waals surface area contributed by atoms with E-state index in [-0.39, 0.29) is 35.9 Å². The van der Waals surface area contributed by atoms with E-state index >= 15 is 0 Å². The molecule has 1 aromatic heterocycles. The summed E-state index contributed by atoms with van der Waals surface area (Å²) in [5, 5.41) is 5.75. The Hall–Kier alpha value is -2.07. The number of ether oxygens (including phenoxy) is 1. The van der Waals surface area contributed by atoms with Gasteiger partial charge in [-0.05, 0) is 27.2 Å². The molecule has 1 aromatic rings. The van der Waals surface area contributed by atoms with Gasteiger partial charge in [-0.1, -0.05) is 0 Å². The van der Waals surface area contributed by atoms with E-state index in [4.69, 9.17) is 5.73 Å². The maximum atomic E-state index is 12.4. The van der Waals surface area contributed by atoms with Gasteiger partial charge in [0.2, 0.25) is 5.95 Å². The standard InChI is InChI=1S/C16H26F2N6O2/c1-9(2)24-5-4-11(7-24)22-14(25)12-6-20-16(23-13(12)19)21-10(3)8-26-15(17)18/h6,9-11,15H,4-5,7-8H2,1-3H3,(H,22,25)(H3,19,20,21,23)/t10-,11-/m0/s1. The van der Waals surface area contributed by atoms with Crippen LogP contribution < -0.4 is 16.4 Å². The number of aromatic nitrogens is 2. The molecule has 2 atom stereocenters. The maximum absolute atomic E-state index is 12.4. The zero-order chi connectivity index (χ0) is 19.3. The van der Waals surface area contributed by atoms with Gasteiger partial charge in [0.05, 0.1) is 12.2 Å². The number of nitrogens with two attached hydrogens (primary N) is 1. The number of nitrogens with zero attached hydrogens (tertiary/aromatic N) is 3. The molecule has 0 aromatic carbocycles. The number of halogens is 2. The first-order valence-electron chi connectivity index (χ1n) is 8.60. The lowest BCUT2D eigenvalue weighted by Crippen LogP contribution is -2.38. The smallest absolute Gasteiger partial charge is 0.345 e. The Balaban J connectivity index is 1.91. The molecule has 1 fully saturated rings. The van der Waals surface area contributed by atoms with Crippen molar-refractivity contribution in [2.24, 2.45) is 0 Å². The first-order valence-corrected chi connectivity index (χ1v) is 8.60. The first kappa shape index (κ1) is 20.2. The van der Waals surface area contributed by atoms with E-state index in [0.29, 0.717) is 6.04 Å². The van der Waals surface area contributed by atoms with Crippen LogP contribution in [0.1, 0.15) is 37.6 Å². The van der Waals surface area contributed by atoms with Crippen LogP contribution in [0.2, 0.25) is 0 Å². The van der Waals surface area contributed by atoms with Gasteiger partial charge >= 0.3 is 6.61 Å². The molecule has 0 bridgehead atoms. The molecule has 0 radical (unpaired) electrons. The number of likely N-dealkylation sites (tertiary alicyclic amines) is 1. The highest BCUT2D eigenvalue weighted by Crippen LogP contribution is 2.15. The minimum absolute atomic E-state index is 0.0284. The number of carbonyl (C=O) groups is 1. The molecule has 1 aliphatic rings. The van der Waals surface area contributed by atoms with Crippen LogP contribution in [0.3, 0.4) is 0 Å². The largest absolute Gasteiger partial charge is 0.383 e. The predicted octanol–water partition coefficient (Wildman–Crippen LogP) is 1.31. The number of anilines is 2. The number of amides is 1. The number of nitrogens with one attached hydrogen (secondary N) is 2. The van der Waals surface area contributed by atoms with Crippen molar-refractivity contribution in [3.05, 3.63) is 11.8 Å². The van der Waals surface area contributed by atoms with Gasteiger partial charge in [0.1, 0.15) is 5.82 Å². The summed E-state index contributed by atoms with van der Waals surface area (Å²) in [6.45, 7) is 4.57. The van der Waals surface area contributed by atoms with Gasteiger partial charge in [0.25, 0.3) is 5.91 Å². The Morgan fingerprint density at radius 2 is 2.19 bits per heavy atom. The summed E-state index contributed by atoms with van der Waals surface area (Å²) in [6, 6.07) is 0.0592. The Morgan fingerprint density at radius 3 is 2.77 bits per heavy atom. The lowest BCUT2D eigenvalue weighted by Gasteiger charge is -2.20. The second-order valence-electron chi connectivity index (χ2n) is 6.68. The monoisotopic (exact) mass is 372 g/mol. The number of alkyl halides is 2. The van der Waals surface area contributed by atoms with Crippen molar-refractivity contribution in [3.63, 3.8) is 0 Å². The summed E-state index contributed by atoms with van der Waals surface area (Å²) in [6.07, 6.45) is 2.21. The molecule has 0 unspecified atom stereocenters. The molecule has 26 heavy (non-hydrogen) atoms. The summed E-state index contributed by atoms with van der Waals surface area (Å²) in [4.78, 5) is 22.7. The fourth-order valence-electron chi connectivity index (χ4n) is 2.76. The van der Waals surface area contributed by atoms with E-state index in [2.05, 4.69) is 44.1 Å². The molecular formula is C16H26F2N6O2. The van der Waals surface area contributed by atoms with Crippen molar-refractivity contribution >= 4 is 17.7 Å². The van der Waals surface area contributed by atoms with Crippen LogP contribution in [0.25, 0.3) is 0 Å². The molecule has 0 aliphatic carbocycles. The second kappa shape index (κ2) is 9.04. The SMILES string of the molecule is CC(C)N1CC[C@H](NC(=O)c2cnc(N[C@@H](C)COC(F)F)nc2N)C1. The van der Waals surface area contributed by atoms with Crippen LogP contribution in [0.4, 0.5) is 20.5 Å². The number of nitrogen functional groups attached to an aromatic ring is 1. The van der Waals surface area contributed by atoms with Gasteiger partial charge in [0, 0.05) is 37.4 Å². The highest BCUT2D eigenvalue weighted by atomic mass is 19.3. The summed E-state index contributed by atoms with van der Waals surface area (Å²) in [5.41, 5.74) is 6.05. The second-order valence-corrected chi connectivity index (χ2v) is 6.68. The van der Waals surface area contributed by atoms with Crippen LogP contribution in [0.15, 0.2) is 6.20 Å². The van der Waals surface area contributed by atoms with E-state index < -0.39 is 12.7 Å². The Kier molecular flexibility index (Phi) is 7.04. The Morgan fingerprint density at radius 1 is 1.46 bits per heavy atom. The molecule has 0 spiro atoms. The maximum Gasteiger partial charge on any atom is 0.345 e. The molecule has 2 heterocycles. The van der Waals surface area contributed by atoms with Crippen LogP contribution in [-0.4, -0.2) is 65.2 Å². The highest BCUT2D eigenvalue weighted by Gasteiger charge is 2.26. The van der Waals surface area contributed by atoms with Crippen LogP contribution in [-0.2, 0) is 4.74 Å². The number of carbonyl (C=O) groups excluding carboxylic acids is 1. The van der Waals surface area contributed by atoms with Crippen LogP contribution in [0, 0.1) is 0 Å². The molecule has 1 aliphatic heterocycles.